The highest BCUT2D eigenvalue weighted by Gasteiger charge is 2.18. The van der Waals surface area contributed by atoms with Crippen LogP contribution < -0.4 is 4.74 Å². The number of nitrogens with zero attached hydrogens (tertiary/aromatic N) is 2. The van der Waals surface area contributed by atoms with Crippen LogP contribution in [0.5, 0.6) is 5.75 Å². The van der Waals surface area contributed by atoms with Crippen molar-refractivity contribution in [3.63, 3.8) is 0 Å². The molecular weight excluding hydrogens is 288 g/mol. The van der Waals surface area contributed by atoms with Crippen molar-refractivity contribution in [3.8, 4) is 17.2 Å². The Balaban J connectivity index is 1.81. The van der Waals surface area contributed by atoms with Crippen LogP contribution >= 0.6 is 0 Å². The summed E-state index contributed by atoms with van der Waals surface area (Å²) in [5, 5.41) is 0. The summed E-state index contributed by atoms with van der Waals surface area (Å²) in [6.45, 7) is 2.87. The van der Waals surface area contributed by atoms with E-state index in [0.717, 1.165) is 42.8 Å². The topological polar surface area (TPSA) is 48.2 Å². The predicted octanol–water partition coefficient (Wildman–Crippen LogP) is 4.56. The molecule has 2 heterocycles. The molecule has 1 aliphatic carbocycles. The minimum Gasteiger partial charge on any atom is -0.493 e. The third-order valence-corrected chi connectivity index (χ3v) is 4.30. The lowest BCUT2D eigenvalue weighted by Crippen LogP contribution is -2.07. The molecule has 4 heteroatoms. The first-order chi connectivity index (χ1) is 11.3. The molecular formula is C19H20N2O2. The first-order valence-electron chi connectivity index (χ1n) is 8.35. The highest BCUT2D eigenvalue weighted by atomic mass is 16.5. The normalized spacial score (nSPS) is 14.0. The maximum atomic E-state index is 6.00. The number of pyridine rings is 1. The number of ether oxygens (including phenoxy) is 1. The fraction of sp³-hybridized carbons (Fsp3) is 0.368. The molecule has 3 aromatic rings. The second-order valence-electron chi connectivity index (χ2n) is 6.01. The molecule has 118 valence electrons. The molecule has 0 spiro atoms. The van der Waals surface area contributed by atoms with E-state index in [-0.39, 0.29) is 0 Å². The second kappa shape index (κ2) is 6.03. The van der Waals surface area contributed by atoms with Crippen molar-refractivity contribution in [2.24, 2.45) is 0 Å². The Bertz CT molecular complexity index is 806. The number of aromatic nitrogens is 2. The molecule has 0 saturated heterocycles. The summed E-state index contributed by atoms with van der Waals surface area (Å²) in [4.78, 5) is 8.77. The van der Waals surface area contributed by atoms with Crippen LogP contribution in [0.1, 0.15) is 37.3 Å². The number of hydrogen-bond donors (Lipinski definition) is 0. The van der Waals surface area contributed by atoms with Crippen LogP contribution in [0.3, 0.4) is 0 Å². The van der Waals surface area contributed by atoms with Crippen molar-refractivity contribution < 1.29 is 9.15 Å². The summed E-state index contributed by atoms with van der Waals surface area (Å²) in [6, 6.07) is 8.04. The van der Waals surface area contributed by atoms with Crippen molar-refractivity contribution in [1.82, 2.24) is 9.97 Å². The summed E-state index contributed by atoms with van der Waals surface area (Å²) in [5.74, 6) is 1.61. The number of hydrogen-bond acceptors (Lipinski definition) is 4. The zero-order valence-electron chi connectivity index (χ0n) is 13.3. The average Bonchev–Trinajstić information content (AvgIpc) is 3.03. The van der Waals surface area contributed by atoms with E-state index in [4.69, 9.17) is 9.15 Å². The average molecular weight is 308 g/mol. The van der Waals surface area contributed by atoms with Crippen LogP contribution in [-0.2, 0) is 12.8 Å². The highest BCUT2D eigenvalue weighted by molar-refractivity contribution is 5.73. The fourth-order valence-electron chi connectivity index (χ4n) is 3.18. The molecule has 4 nitrogen and oxygen atoms in total. The standard InChI is InChI=1S/C19H20N2O2/c1-2-10-22-17-12-14(11-13-6-3-4-7-15(13)17)19-21-18-16(23-19)8-5-9-20-18/h5,8-9,11-12H,2-4,6-7,10H2,1H3. The molecule has 1 aliphatic rings. The first-order valence-corrected chi connectivity index (χ1v) is 8.35. The van der Waals surface area contributed by atoms with Gasteiger partial charge in [-0.3, -0.25) is 0 Å². The predicted molar refractivity (Wildman–Crippen MR) is 89.7 cm³/mol. The van der Waals surface area contributed by atoms with Crippen molar-refractivity contribution in [1.29, 1.82) is 0 Å². The number of rotatable bonds is 4. The van der Waals surface area contributed by atoms with Gasteiger partial charge >= 0.3 is 0 Å². The maximum Gasteiger partial charge on any atom is 0.229 e. The van der Waals surface area contributed by atoms with Gasteiger partial charge in [0.05, 0.1) is 6.61 Å². The van der Waals surface area contributed by atoms with Crippen LogP contribution in [-0.4, -0.2) is 16.6 Å². The molecule has 0 amide bonds. The van der Waals surface area contributed by atoms with Gasteiger partial charge in [-0.05, 0) is 67.5 Å². The number of benzene rings is 1. The molecule has 0 N–H and O–H groups in total. The highest BCUT2D eigenvalue weighted by Crippen LogP contribution is 2.35. The van der Waals surface area contributed by atoms with Gasteiger partial charge in [0.25, 0.3) is 0 Å². The summed E-state index contributed by atoms with van der Waals surface area (Å²) in [7, 11) is 0. The minimum atomic E-state index is 0.619. The summed E-state index contributed by atoms with van der Waals surface area (Å²) in [5.41, 5.74) is 5.08. The quantitative estimate of drug-likeness (QED) is 0.709. The Hall–Kier alpha value is -2.36. The largest absolute Gasteiger partial charge is 0.493 e. The SMILES string of the molecule is CCCOc1cc(-c2nc3ncccc3o2)cc2c1CCCC2. The van der Waals surface area contributed by atoms with Gasteiger partial charge < -0.3 is 9.15 Å². The lowest BCUT2D eigenvalue weighted by molar-refractivity contribution is 0.312. The van der Waals surface area contributed by atoms with E-state index in [2.05, 4.69) is 29.0 Å². The monoisotopic (exact) mass is 308 g/mol. The van der Waals surface area contributed by atoms with Gasteiger partial charge in [-0.15, -0.1) is 0 Å². The van der Waals surface area contributed by atoms with E-state index in [1.807, 2.05) is 12.1 Å². The number of fused-ring (bicyclic) bond motifs is 2. The van der Waals surface area contributed by atoms with Gasteiger partial charge in [-0.25, -0.2) is 4.98 Å². The fourth-order valence-corrected chi connectivity index (χ4v) is 3.18. The molecule has 0 bridgehead atoms. The first kappa shape index (κ1) is 14.2. The van der Waals surface area contributed by atoms with Crippen LogP contribution in [0.2, 0.25) is 0 Å². The van der Waals surface area contributed by atoms with Gasteiger partial charge in [0.1, 0.15) is 5.75 Å². The van der Waals surface area contributed by atoms with Crippen LogP contribution in [0.25, 0.3) is 22.7 Å². The summed E-state index contributed by atoms with van der Waals surface area (Å²) in [6.07, 6.45) is 7.41. The Morgan fingerprint density at radius 2 is 2.13 bits per heavy atom. The van der Waals surface area contributed by atoms with Gasteiger partial charge in [-0.2, -0.15) is 4.98 Å². The smallest absolute Gasteiger partial charge is 0.229 e. The van der Waals surface area contributed by atoms with E-state index in [0.29, 0.717) is 11.5 Å². The van der Waals surface area contributed by atoms with Crippen LogP contribution in [0, 0.1) is 0 Å². The lowest BCUT2D eigenvalue weighted by Gasteiger charge is -2.20. The molecule has 0 atom stereocenters. The summed E-state index contributed by atoms with van der Waals surface area (Å²) < 4.78 is 11.9. The third-order valence-electron chi connectivity index (χ3n) is 4.30. The molecule has 4 rings (SSSR count). The molecule has 0 saturated carbocycles. The van der Waals surface area contributed by atoms with E-state index >= 15 is 0 Å². The van der Waals surface area contributed by atoms with Gasteiger partial charge in [0.15, 0.2) is 11.2 Å². The van der Waals surface area contributed by atoms with Gasteiger partial charge in [0.2, 0.25) is 5.89 Å². The Labute approximate surface area is 135 Å². The zero-order chi connectivity index (χ0) is 15.6. The Morgan fingerprint density at radius 3 is 3.00 bits per heavy atom. The van der Waals surface area contributed by atoms with Crippen LogP contribution in [0.4, 0.5) is 0 Å². The van der Waals surface area contributed by atoms with E-state index < -0.39 is 0 Å². The molecule has 0 fully saturated rings. The van der Waals surface area contributed by atoms with E-state index in [1.54, 1.807) is 6.20 Å². The zero-order valence-corrected chi connectivity index (χ0v) is 13.3. The molecule has 0 radical (unpaired) electrons. The maximum absolute atomic E-state index is 6.00. The van der Waals surface area contributed by atoms with E-state index in [1.165, 1.54) is 24.0 Å². The van der Waals surface area contributed by atoms with E-state index in [9.17, 15) is 0 Å². The molecule has 0 aliphatic heterocycles. The molecule has 1 aromatic carbocycles. The number of aryl methyl sites for hydroxylation is 1. The van der Waals surface area contributed by atoms with Crippen molar-refractivity contribution in [3.05, 3.63) is 41.6 Å². The van der Waals surface area contributed by atoms with Crippen LogP contribution in [0.15, 0.2) is 34.9 Å². The molecule has 2 aromatic heterocycles. The van der Waals surface area contributed by atoms with Gasteiger partial charge in [-0.1, -0.05) is 6.92 Å². The van der Waals surface area contributed by atoms with Crippen molar-refractivity contribution >= 4 is 11.2 Å². The Kier molecular flexibility index (Phi) is 3.74. The van der Waals surface area contributed by atoms with Crippen molar-refractivity contribution in [2.75, 3.05) is 6.61 Å². The molecule has 0 unspecified atom stereocenters. The van der Waals surface area contributed by atoms with Crippen molar-refractivity contribution in [2.45, 2.75) is 39.0 Å². The third kappa shape index (κ3) is 2.69. The Morgan fingerprint density at radius 1 is 1.22 bits per heavy atom. The second-order valence-corrected chi connectivity index (χ2v) is 6.01. The molecule has 23 heavy (non-hydrogen) atoms. The lowest BCUT2D eigenvalue weighted by atomic mass is 9.89. The summed E-state index contributed by atoms with van der Waals surface area (Å²) >= 11 is 0. The van der Waals surface area contributed by atoms with Gasteiger partial charge in [0, 0.05) is 11.8 Å². The number of oxazole rings is 1. The minimum absolute atomic E-state index is 0.619.